The second-order valence-electron chi connectivity index (χ2n) is 8.44. The maximum Gasteiger partial charge on any atom is 0.256 e. The molecular weight excluding hydrogens is 434 g/mol. The lowest BCUT2D eigenvalue weighted by Gasteiger charge is -2.12. The summed E-state index contributed by atoms with van der Waals surface area (Å²) in [6.45, 7) is 4.77. The Hall–Kier alpha value is -3.13. The van der Waals surface area contributed by atoms with E-state index in [2.05, 4.69) is 25.4 Å². The van der Waals surface area contributed by atoms with Crippen LogP contribution in [0.4, 0.5) is 5.69 Å². The second-order valence-corrected chi connectivity index (χ2v) is 9.46. The molecular formula is C25H29N5O2S. The summed E-state index contributed by atoms with van der Waals surface area (Å²) in [5, 5.41) is 14.7. The first-order valence-corrected chi connectivity index (χ1v) is 12.3. The summed E-state index contributed by atoms with van der Waals surface area (Å²) in [5.41, 5.74) is 2.17. The van der Waals surface area contributed by atoms with E-state index in [1.54, 1.807) is 6.07 Å². The van der Waals surface area contributed by atoms with Crippen LogP contribution < -0.4 is 10.6 Å². The molecule has 1 aromatic heterocycles. The molecule has 172 valence electrons. The van der Waals surface area contributed by atoms with Gasteiger partial charge in [0.2, 0.25) is 5.91 Å². The molecule has 2 heterocycles. The van der Waals surface area contributed by atoms with Crippen molar-refractivity contribution in [3.8, 4) is 11.4 Å². The fourth-order valence-corrected chi connectivity index (χ4v) is 4.78. The molecule has 1 aliphatic rings. The average molecular weight is 464 g/mol. The lowest BCUT2D eigenvalue weighted by Crippen LogP contribution is -2.31. The van der Waals surface area contributed by atoms with E-state index in [9.17, 15) is 9.59 Å². The van der Waals surface area contributed by atoms with Crippen LogP contribution in [-0.2, 0) is 17.8 Å². The Labute approximate surface area is 198 Å². The minimum atomic E-state index is -0.209. The largest absolute Gasteiger partial charge is 0.353 e. The van der Waals surface area contributed by atoms with E-state index in [0.29, 0.717) is 11.3 Å². The average Bonchev–Trinajstić information content (AvgIpc) is 3.06. The van der Waals surface area contributed by atoms with Gasteiger partial charge in [0, 0.05) is 35.2 Å². The molecule has 0 aliphatic carbocycles. The van der Waals surface area contributed by atoms with E-state index in [4.69, 9.17) is 0 Å². The lowest BCUT2D eigenvalue weighted by molar-refractivity contribution is -0.119. The summed E-state index contributed by atoms with van der Waals surface area (Å²) in [6, 6.07) is 15.1. The number of nitrogens with one attached hydrogen (secondary N) is 2. The summed E-state index contributed by atoms with van der Waals surface area (Å²) in [7, 11) is 0. The highest BCUT2D eigenvalue weighted by Gasteiger charge is 2.17. The first kappa shape index (κ1) is 23.0. The summed E-state index contributed by atoms with van der Waals surface area (Å²) < 4.78 is 2.20. The van der Waals surface area contributed by atoms with Crippen LogP contribution in [0.1, 0.15) is 49.3 Å². The first-order chi connectivity index (χ1) is 16.0. The maximum absolute atomic E-state index is 13.1. The number of carbonyl (C=O) groups excluding carboxylic acids is 2. The fourth-order valence-electron chi connectivity index (χ4n) is 3.92. The Morgan fingerprint density at radius 1 is 1.06 bits per heavy atom. The standard InChI is InChI=1S/C25H29N5O2S/c1-17(2)26-23(31)16-33-21-12-6-5-11-20(21)25(32)27-19-10-8-9-18(15-19)24-29-28-22-13-4-3-7-14-30(22)24/h5-6,8-12,15,17H,3-4,7,13-14,16H2,1-2H3,(H,26,31)(H,27,32). The Bertz CT molecular complexity index is 1140. The third kappa shape index (κ3) is 5.82. The van der Waals surface area contributed by atoms with Gasteiger partial charge < -0.3 is 15.2 Å². The number of aryl methyl sites for hydroxylation is 1. The smallest absolute Gasteiger partial charge is 0.256 e. The minimum Gasteiger partial charge on any atom is -0.353 e. The molecule has 0 saturated carbocycles. The van der Waals surface area contributed by atoms with Gasteiger partial charge in [-0.2, -0.15) is 0 Å². The number of thioether (sulfide) groups is 1. The van der Waals surface area contributed by atoms with E-state index in [1.807, 2.05) is 56.3 Å². The molecule has 0 unspecified atom stereocenters. The van der Waals surface area contributed by atoms with Crippen LogP contribution >= 0.6 is 11.8 Å². The van der Waals surface area contributed by atoms with Gasteiger partial charge in [0.15, 0.2) is 5.82 Å². The quantitative estimate of drug-likeness (QED) is 0.502. The Balaban J connectivity index is 1.49. The van der Waals surface area contributed by atoms with Gasteiger partial charge in [0.25, 0.3) is 5.91 Å². The summed E-state index contributed by atoms with van der Waals surface area (Å²) >= 11 is 1.36. The number of amides is 2. The van der Waals surface area contributed by atoms with Crippen molar-refractivity contribution in [2.45, 2.75) is 57.0 Å². The highest BCUT2D eigenvalue weighted by atomic mass is 32.2. The second kappa shape index (κ2) is 10.7. The molecule has 0 fully saturated rings. The molecule has 2 amide bonds. The Morgan fingerprint density at radius 2 is 1.91 bits per heavy atom. The number of hydrogen-bond donors (Lipinski definition) is 2. The van der Waals surface area contributed by atoms with Gasteiger partial charge in [-0.25, -0.2) is 0 Å². The highest BCUT2D eigenvalue weighted by Crippen LogP contribution is 2.27. The topological polar surface area (TPSA) is 88.9 Å². The predicted octanol–water partition coefficient (Wildman–Crippen LogP) is 4.54. The molecule has 0 bridgehead atoms. The van der Waals surface area contributed by atoms with Gasteiger partial charge in [0.1, 0.15) is 5.82 Å². The van der Waals surface area contributed by atoms with Gasteiger partial charge in [-0.1, -0.05) is 30.7 Å². The van der Waals surface area contributed by atoms with Crippen molar-refractivity contribution >= 4 is 29.3 Å². The molecule has 2 aromatic carbocycles. The van der Waals surface area contributed by atoms with Crippen LogP contribution in [0.5, 0.6) is 0 Å². The maximum atomic E-state index is 13.1. The number of rotatable bonds is 7. The van der Waals surface area contributed by atoms with Gasteiger partial charge in [-0.15, -0.1) is 22.0 Å². The van der Waals surface area contributed by atoms with E-state index in [0.717, 1.165) is 47.9 Å². The number of benzene rings is 2. The molecule has 2 N–H and O–H groups in total. The van der Waals surface area contributed by atoms with Crippen LogP contribution in [0.15, 0.2) is 53.4 Å². The third-order valence-electron chi connectivity index (χ3n) is 5.43. The minimum absolute atomic E-state index is 0.0506. The zero-order valence-corrected chi connectivity index (χ0v) is 19.8. The molecule has 0 spiro atoms. The number of fused-ring (bicyclic) bond motifs is 1. The van der Waals surface area contributed by atoms with Crippen molar-refractivity contribution in [3.63, 3.8) is 0 Å². The number of hydrogen-bond acceptors (Lipinski definition) is 5. The molecule has 33 heavy (non-hydrogen) atoms. The van der Waals surface area contributed by atoms with Gasteiger partial charge in [0.05, 0.1) is 11.3 Å². The van der Waals surface area contributed by atoms with Crippen molar-refractivity contribution in [2.75, 3.05) is 11.1 Å². The molecule has 1 aliphatic heterocycles. The number of aromatic nitrogens is 3. The summed E-state index contributed by atoms with van der Waals surface area (Å²) in [6.07, 6.45) is 4.42. The summed E-state index contributed by atoms with van der Waals surface area (Å²) in [5.74, 6) is 1.88. The van der Waals surface area contributed by atoms with E-state index in [1.165, 1.54) is 18.2 Å². The monoisotopic (exact) mass is 463 g/mol. The molecule has 7 nitrogen and oxygen atoms in total. The van der Waals surface area contributed by atoms with E-state index in [-0.39, 0.29) is 23.6 Å². The normalized spacial score (nSPS) is 13.3. The molecule has 3 aromatic rings. The SMILES string of the molecule is CC(C)NC(=O)CSc1ccccc1C(=O)Nc1cccc(-c2nnc3n2CCCCC3)c1. The number of anilines is 1. The van der Waals surface area contributed by atoms with Crippen molar-refractivity contribution in [1.29, 1.82) is 0 Å². The molecule has 0 radical (unpaired) electrons. The van der Waals surface area contributed by atoms with E-state index < -0.39 is 0 Å². The van der Waals surface area contributed by atoms with Crippen LogP contribution in [0.2, 0.25) is 0 Å². The Kier molecular flexibility index (Phi) is 7.44. The summed E-state index contributed by atoms with van der Waals surface area (Å²) in [4.78, 5) is 25.9. The van der Waals surface area contributed by atoms with Crippen molar-refractivity contribution in [1.82, 2.24) is 20.1 Å². The number of carbonyl (C=O) groups is 2. The third-order valence-corrected chi connectivity index (χ3v) is 6.50. The highest BCUT2D eigenvalue weighted by molar-refractivity contribution is 8.00. The van der Waals surface area contributed by atoms with Crippen LogP contribution in [0.25, 0.3) is 11.4 Å². The van der Waals surface area contributed by atoms with Crippen molar-refractivity contribution in [3.05, 3.63) is 59.9 Å². The molecule has 0 saturated heterocycles. The van der Waals surface area contributed by atoms with Crippen LogP contribution in [0, 0.1) is 0 Å². The van der Waals surface area contributed by atoms with Gasteiger partial charge in [-0.05, 0) is 51.0 Å². The fraction of sp³-hybridized carbons (Fsp3) is 0.360. The number of nitrogens with zero attached hydrogens (tertiary/aromatic N) is 3. The van der Waals surface area contributed by atoms with Crippen LogP contribution in [0.3, 0.4) is 0 Å². The lowest BCUT2D eigenvalue weighted by atomic mass is 10.1. The molecule has 4 rings (SSSR count). The van der Waals surface area contributed by atoms with Crippen molar-refractivity contribution < 1.29 is 9.59 Å². The van der Waals surface area contributed by atoms with Gasteiger partial charge in [-0.3, -0.25) is 9.59 Å². The van der Waals surface area contributed by atoms with E-state index >= 15 is 0 Å². The van der Waals surface area contributed by atoms with Crippen molar-refractivity contribution in [2.24, 2.45) is 0 Å². The zero-order chi connectivity index (χ0) is 23.2. The molecule has 8 heteroatoms. The molecule has 0 atom stereocenters. The van der Waals surface area contributed by atoms with Crippen LogP contribution in [-0.4, -0.2) is 38.4 Å². The predicted molar refractivity (Wildman–Crippen MR) is 131 cm³/mol. The zero-order valence-electron chi connectivity index (χ0n) is 19.0. The first-order valence-electron chi connectivity index (χ1n) is 11.4. The van der Waals surface area contributed by atoms with Gasteiger partial charge >= 0.3 is 0 Å². The Morgan fingerprint density at radius 3 is 2.76 bits per heavy atom.